The van der Waals surface area contributed by atoms with Gasteiger partial charge in [-0.15, -0.1) is 0 Å². The van der Waals surface area contributed by atoms with E-state index >= 15 is 0 Å². The van der Waals surface area contributed by atoms with Crippen LogP contribution >= 0.6 is 0 Å². The summed E-state index contributed by atoms with van der Waals surface area (Å²) < 4.78 is 5.74. The van der Waals surface area contributed by atoms with Gasteiger partial charge in [-0.05, 0) is 57.7 Å². The minimum Gasteiger partial charge on any atom is -0.491 e. The van der Waals surface area contributed by atoms with Gasteiger partial charge in [0.25, 0.3) is 5.56 Å². The van der Waals surface area contributed by atoms with Crippen LogP contribution in [-0.2, 0) is 19.4 Å². The van der Waals surface area contributed by atoms with Gasteiger partial charge in [-0.2, -0.15) is 0 Å². The van der Waals surface area contributed by atoms with Crippen LogP contribution in [0.15, 0.2) is 29.1 Å². The molecule has 5 nitrogen and oxygen atoms in total. The molecular formula is C21H27N3O2. The highest BCUT2D eigenvalue weighted by Crippen LogP contribution is 2.34. The quantitative estimate of drug-likeness (QED) is 0.918. The van der Waals surface area contributed by atoms with Crippen LogP contribution in [0.5, 0.6) is 5.75 Å². The molecule has 2 bridgehead atoms. The number of aromatic amines is 1. The Morgan fingerprint density at radius 3 is 2.58 bits per heavy atom. The van der Waals surface area contributed by atoms with E-state index in [1.54, 1.807) is 0 Å². The number of hydrogen-bond acceptors (Lipinski definition) is 4. The Hall–Kier alpha value is -2.14. The maximum absolute atomic E-state index is 12.4. The lowest BCUT2D eigenvalue weighted by molar-refractivity contribution is 0.187. The third-order valence-corrected chi connectivity index (χ3v) is 5.52. The average Bonchev–Trinajstić information content (AvgIpc) is 2.84. The number of fused-ring (bicyclic) bond motifs is 3. The van der Waals surface area contributed by atoms with Gasteiger partial charge in [-0.3, -0.25) is 9.69 Å². The van der Waals surface area contributed by atoms with E-state index < -0.39 is 0 Å². The van der Waals surface area contributed by atoms with Crippen LogP contribution in [0.4, 0.5) is 0 Å². The van der Waals surface area contributed by atoms with Gasteiger partial charge in [0.1, 0.15) is 11.6 Å². The molecule has 1 aromatic heterocycles. The van der Waals surface area contributed by atoms with Crippen LogP contribution in [0.1, 0.15) is 49.3 Å². The standard InChI is InChI=1S/C21H27N3O2/c1-13(2)26-18-8-4-15(5-9-18)12-24-16-6-7-17(24)11-20-19(10-16)21(25)23-14(3)22-20/h4-5,8-9,13,16-17H,6-7,10-12H2,1-3H3,(H,22,23,25)/t16-,17+/m1/s1. The molecule has 2 aliphatic heterocycles. The van der Waals surface area contributed by atoms with Gasteiger partial charge >= 0.3 is 0 Å². The Morgan fingerprint density at radius 1 is 1.19 bits per heavy atom. The van der Waals surface area contributed by atoms with Crippen molar-refractivity contribution in [3.05, 3.63) is 57.3 Å². The lowest BCUT2D eigenvalue weighted by atomic mass is 9.98. The first-order valence-electron chi connectivity index (χ1n) is 9.59. The van der Waals surface area contributed by atoms with E-state index in [1.807, 2.05) is 20.8 Å². The fourth-order valence-corrected chi connectivity index (χ4v) is 4.37. The van der Waals surface area contributed by atoms with Crippen molar-refractivity contribution in [1.82, 2.24) is 14.9 Å². The molecule has 1 N–H and O–H groups in total. The largest absolute Gasteiger partial charge is 0.491 e. The first-order chi connectivity index (χ1) is 12.5. The van der Waals surface area contributed by atoms with Crippen molar-refractivity contribution in [2.45, 2.75) is 71.2 Å². The van der Waals surface area contributed by atoms with Crippen LogP contribution in [0.25, 0.3) is 0 Å². The Kier molecular flexibility index (Phi) is 4.57. The SMILES string of the molecule is Cc1nc2c(c(=O)[nH]1)C[C@H]1CC[C@@H](C2)N1Cc1ccc(OC(C)C)cc1. The third-order valence-electron chi connectivity index (χ3n) is 5.52. The molecule has 2 aliphatic rings. The van der Waals surface area contributed by atoms with Gasteiger partial charge in [-0.25, -0.2) is 4.98 Å². The normalized spacial score (nSPS) is 22.3. The summed E-state index contributed by atoms with van der Waals surface area (Å²) in [6, 6.07) is 9.33. The topological polar surface area (TPSA) is 58.2 Å². The fourth-order valence-electron chi connectivity index (χ4n) is 4.37. The molecule has 0 aliphatic carbocycles. The van der Waals surface area contributed by atoms with Crippen molar-refractivity contribution in [3.8, 4) is 5.75 Å². The zero-order valence-corrected chi connectivity index (χ0v) is 15.8. The molecule has 0 radical (unpaired) electrons. The summed E-state index contributed by atoms with van der Waals surface area (Å²) >= 11 is 0. The lowest BCUT2D eigenvalue weighted by Gasteiger charge is -2.28. The highest BCUT2D eigenvalue weighted by Gasteiger charge is 2.38. The molecule has 138 valence electrons. The number of benzene rings is 1. The van der Waals surface area contributed by atoms with E-state index in [9.17, 15) is 4.79 Å². The Bertz CT molecular complexity index is 841. The summed E-state index contributed by atoms with van der Waals surface area (Å²) in [7, 11) is 0. The highest BCUT2D eigenvalue weighted by molar-refractivity contribution is 5.29. The number of nitrogens with one attached hydrogen (secondary N) is 1. The van der Waals surface area contributed by atoms with E-state index in [2.05, 4.69) is 39.1 Å². The van der Waals surface area contributed by atoms with Crippen LogP contribution < -0.4 is 10.3 Å². The maximum Gasteiger partial charge on any atom is 0.254 e. The maximum atomic E-state index is 12.4. The number of hydrogen-bond donors (Lipinski definition) is 1. The second-order valence-corrected chi connectivity index (χ2v) is 7.85. The minimum atomic E-state index is 0.0511. The van der Waals surface area contributed by atoms with E-state index in [4.69, 9.17) is 4.74 Å². The summed E-state index contributed by atoms with van der Waals surface area (Å²) in [5.41, 5.74) is 3.25. The molecule has 1 fully saturated rings. The molecule has 5 heteroatoms. The molecule has 1 saturated heterocycles. The average molecular weight is 353 g/mol. The van der Waals surface area contributed by atoms with Gasteiger partial charge in [0.05, 0.1) is 11.8 Å². The number of aromatic nitrogens is 2. The molecule has 26 heavy (non-hydrogen) atoms. The number of H-pyrrole nitrogens is 1. The van der Waals surface area contributed by atoms with Crippen LogP contribution in [0, 0.1) is 6.92 Å². The van der Waals surface area contributed by atoms with Crippen molar-refractivity contribution in [3.63, 3.8) is 0 Å². The van der Waals surface area contributed by atoms with E-state index in [1.165, 1.54) is 12.0 Å². The summed E-state index contributed by atoms with van der Waals surface area (Å²) in [6.07, 6.45) is 4.22. The second kappa shape index (κ2) is 6.88. The molecule has 0 saturated carbocycles. The summed E-state index contributed by atoms with van der Waals surface area (Å²) in [5.74, 6) is 1.64. The van der Waals surface area contributed by atoms with Crippen molar-refractivity contribution in [2.75, 3.05) is 0 Å². The number of ether oxygens (including phenoxy) is 1. The van der Waals surface area contributed by atoms with Gasteiger partial charge in [0.15, 0.2) is 0 Å². The first kappa shape index (κ1) is 17.3. The Balaban J connectivity index is 1.54. The van der Waals surface area contributed by atoms with Crippen molar-refractivity contribution >= 4 is 0 Å². The second-order valence-electron chi connectivity index (χ2n) is 7.85. The Morgan fingerprint density at radius 2 is 1.88 bits per heavy atom. The molecule has 0 amide bonds. The van der Waals surface area contributed by atoms with Gasteiger partial charge in [-0.1, -0.05) is 12.1 Å². The van der Waals surface area contributed by atoms with Crippen molar-refractivity contribution in [1.29, 1.82) is 0 Å². The molecule has 4 rings (SSSR count). The van der Waals surface area contributed by atoms with Crippen molar-refractivity contribution < 1.29 is 4.74 Å². The van der Waals surface area contributed by atoms with Gasteiger partial charge < -0.3 is 9.72 Å². The Labute approximate surface area is 154 Å². The smallest absolute Gasteiger partial charge is 0.254 e. The highest BCUT2D eigenvalue weighted by atomic mass is 16.5. The summed E-state index contributed by atoms with van der Waals surface area (Å²) in [6.45, 7) is 6.86. The predicted octanol–water partition coefficient (Wildman–Crippen LogP) is 3.00. The number of rotatable bonds is 4. The van der Waals surface area contributed by atoms with E-state index in [-0.39, 0.29) is 11.7 Å². The third kappa shape index (κ3) is 3.40. The number of aryl methyl sites for hydroxylation is 1. The van der Waals surface area contributed by atoms with Crippen LogP contribution in [0.3, 0.4) is 0 Å². The van der Waals surface area contributed by atoms with Gasteiger partial charge in [0, 0.05) is 30.6 Å². The molecular weight excluding hydrogens is 326 g/mol. The zero-order valence-electron chi connectivity index (χ0n) is 15.8. The molecule has 2 atom stereocenters. The fraction of sp³-hybridized carbons (Fsp3) is 0.524. The molecule has 2 aromatic rings. The zero-order chi connectivity index (χ0) is 18.3. The predicted molar refractivity (Wildman–Crippen MR) is 102 cm³/mol. The van der Waals surface area contributed by atoms with Crippen LogP contribution in [0.2, 0.25) is 0 Å². The number of nitrogens with zero attached hydrogens (tertiary/aromatic N) is 2. The summed E-state index contributed by atoms with van der Waals surface area (Å²) in [4.78, 5) is 22.5. The van der Waals surface area contributed by atoms with Gasteiger partial charge in [0.2, 0.25) is 0 Å². The lowest BCUT2D eigenvalue weighted by Crippen LogP contribution is -2.36. The molecule has 0 unspecified atom stereocenters. The van der Waals surface area contributed by atoms with Crippen molar-refractivity contribution in [2.24, 2.45) is 0 Å². The van der Waals surface area contributed by atoms with E-state index in [0.717, 1.165) is 48.6 Å². The molecule has 1 aromatic carbocycles. The first-order valence-corrected chi connectivity index (χ1v) is 9.59. The summed E-state index contributed by atoms with van der Waals surface area (Å²) in [5, 5.41) is 0. The molecule has 0 spiro atoms. The van der Waals surface area contributed by atoms with Crippen LogP contribution in [-0.4, -0.2) is 33.1 Å². The minimum absolute atomic E-state index is 0.0511. The van der Waals surface area contributed by atoms with E-state index in [0.29, 0.717) is 12.1 Å². The monoisotopic (exact) mass is 353 g/mol. The molecule has 3 heterocycles.